The molecule has 2 aromatic carbocycles. The summed E-state index contributed by atoms with van der Waals surface area (Å²) in [4.78, 5) is 19.6. The maximum Gasteiger partial charge on any atom is 0.257 e. The molecule has 1 saturated heterocycles. The molecule has 168 valence electrons. The molecule has 0 radical (unpaired) electrons. The number of benzene rings is 2. The first kappa shape index (κ1) is 22.4. The van der Waals surface area contributed by atoms with Crippen molar-refractivity contribution in [2.45, 2.75) is 39.2 Å². The summed E-state index contributed by atoms with van der Waals surface area (Å²) in [5.74, 6) is 0.0379. The van der Waals surface area contributed by atoms with Gasteiger partial charge in [-0.1, -0.05) is 18.2 Å². The average molecular weight is 456 g/mol. The van der Waals surface area contributed by atoms with Crippen molar-refractivity contribution in [1.82, 2.24) is 9.88 Å². The first-order chi connectivity index (χ1) is 15.4. The van der Waals surface area contributed by atoms with E-state index < -0.39 is 0 Å². The number of thiazole rings is 1. The van der Waals surface area contributed by atoms with Gasteiger partial charge < -0.3 is 9.47 Å². The molecule has 4 rings (SSSR count). The van der Waals surface area contributed by atoms with E-state index in [1.807, 2.05) is 5.38 Å². The summed E-state index contributed by atoms with van der Waals surface area (Å²) >= 11 is 1.41. The van der Waals surface area contributed by atoms with Crippen LogP contribution in [0.2, 0.25) is 0 Å². The van der Waals surface area contributed by atoms with E-state index in [0.29, 0.717) is 23.1 Å². The van der Waals surface area contributed by atoms with Gasteiger partial charge in [-0.3, -0.25) is 15.0 Å². The smallest absolute Gasteiger partial charge is 0.257 e. The monoisotopic (exact) mass is 455 g/mol. The molecule has 0 aliphatic carbocycles. The zero-order chi connectivity index (χ0) is 22.5. The fourth-order valence-corrected chi connectivity index (χ4v) is 4.42. The summed E-state index contributed by atoms with van der Waals surface area (Å²) in [6.45, 7) is 6.92. The quantitative estimate of drug-likeness (QED) is 0.558. The minimum Gasteiger partial charge on any atom is -0.489 e. The zero-order valence-electron chi connectivity index (χ0n) is 18.1. The Balaban J connectivity index is 1.33. The van der Waals surface area contributed by atoms with Crippen molar-refractivity contribution in [3.8, 4) is 5.75 Å². The van der Waals surface area contributed by atoms with Gasteiger partial charge in [0.2, 0.25) is 0 Å². The molecule has 3 aromatic rings. The number of morpholine rings is 1. The van der Waals surface area contributed by atoms with E-state index in [-0.39, 0.29) is 23.9 Å². The highest BCUT2D eigenvalue weighted by Gasteiger charge is 2.23. The largest absolute Gasteiger partial charge is 0.489 e. The lowest BCUT2D eigenvalue weighted by Crippen LogP contribution is -2.44. The number of carbonyl (C=O) groups excluding carboxylic acids is 1. The summed E-state index contributed by atoms with van der Waals surface area (Å²) in [7, 11) is 0. The van der Waals surface area contributed by atoms with Crippen LogP contribution in [0.1, 0.15) is 35.5 Å². The number of anilines is 1. The fourth-order valence-electron chi connectivity index (χ4n) is 3.72. The number of nitrogens with one attached hydrogen (secondary N) is 1. The van der Waals surface area contributed by atoms with Crippen LogP contribution in [0.25, 0.3) is 0 Å². The first-order valence-electron chi connectivity index (χ1n) is 10.6. The van der Waals surface area contributed by atoms with Crippen molar-refractivity contribution in [2.75, 3.05) is 18.4 Å². The van der Waals surface area contributed by atoms with E-state index in [9.17, 15) is 9.18 Å². The standard InChI is InChI=1S/C24H26FN3O3S/c1-16-11-28(12-17(2)31-16)13-21-15-32-24(26-21)27-23(29)19-4-3-5-22(10-19)30-14-18-6-8-20(25)9-7-18/h3-10,15-17H,11-14H2,1-2H3,(H,26,27,29). The topological polar surface area (TPSA) is 63.7 Å². The van der Waals surface area contributed by atoms with Crippen molar-refractivity contribution in [2.24, 2.45) is 0 Å². The number of hydrogen-bond acceptors (Lipinski definition) is 6. The Morgan fingerprint density at radius 2 is 1.97 bits per heavy atom. The van der Waals surface area contributed by atoms with Crippen molar-refractivity contribution in [3.05, 3.63) is 76.5 Å². The van der Waals surface area contributed by atoms with Gasteiger partial charge in [0.15, 0.2) is 5.13 Å². The molecule has 1 aliphatic rings. The van der Waals surface area contributed by atoms with Gasteiger partial charge in [0.1, 0.15) is 18.2 Å². The molecule has 0 saturated carbocycles. The van der Waals surface area contributed by atoms with E-state index in [4.69, 9.17) is 9.47 Å². The highest BCUT2D eigenvalue weighted by Crippen LogP contribution is 2.21. The predicted octanol–water partition coefficient (Wildman–Crippen LogP) is 4.72. The summed E-state index contributed by atoms with van der Waals surface area (Å²) in [6.07, 6.45) is 0.406. The van der Waals surface area contributed by atoms with Crippen molar-refractivity contribution in [1.29, 1.82) is 0 Å². The number of rotatable bonds is 7. The van der Waals surface area contributed by atoms with Crippen LogP contribution in [-0.2, 0) is 17.9 Å². The third-order valence-corrected chi connectivity index (χ3v) is 5.87. The van der Waals surface area contributed by atoms with Crippen LogP contribution in [0.15, 0.2) is 53.9 Å². The van der Waals surface area contributed by atoms with E-state index in [0.717, 1.165) is 30.9 Å². The van der Waals surface area contributed by atoms with E-state index in [1.165, 1.54) is 23.5 Å². The Hall–Kier alpha value is -2.81. The van der Waals surface area contributed by atoms with Gasteiger partial charge in [-0.05, 0) is 49.7 Å². The van der Waals surface area contributed by atoms with Crippen LogP contribution in [0.4, 0.5) is 9.52 Å². The molecule has 1 aliphatic heterocycles. The Kier molecular flexibility index (Phi) is 7.14. The number of amides is 1. The third-order valence-electron chi connectivity index (χ3n) is 5.07. The van der Waals surface area contributed by atoms with Crippen molar-refractivity contribution < 1.29 is 18.7 Å². The molecule has 2 unspecified atom stereocenters. The van der Waals surface area contributed by atoms with Crippen LogP contribution in [0, 0.1) is 5.82 Å². The van der Waals surface area contributed by atoms with Gasteiger partial charge in [0.05, 0.1) is 17.9 Å². The maximum atomic E-state index is 13.0. The Bertz CT molecular complexity index is 1050. The summed E-state index contributed by atoms with van der Waals surface area (Å²) in [5.41, 5.74) is 2.26. The zero-order valence-corrected chi connectivity index (χ0v) is 18.9. The third kappa shape index (κ3) is 6.12. The number of carbonyl (C=O) groups is 1. The number of halogens is 1. The molecular formula is C24H26FN3O3S. The first-order valence-corrected chi connectivity index (χ1v) is 11.4. The van der Waals surface area contributed by atoms with Crippen LogP contribution < -0.4 is 10.1 Å². The molecule has 1 N–H and O–H groups in total. The lowest BCUT2D eigenvalue weighted by molar-refractivity contribution is -0.0707. The average Bonchev–Trinajstić information content (AvgIpc) is 3.19. The number of aromatic nitrogens is 1. The van der Waals surface area contributed by atoms with E-state index >= 15 is 0 Å². The molecular weight excluding hydrogens is 429 g/mol. The van der Waals surface area contributed by atoms with Gasteiger partial charge in [-0.2, -0.15) is 0 Å². The molecule has 0 spiro atoms. The Labute approximate surface area is 191 Å². The van der Waals surface area contributed by atoms with E-state index in [2.05, 4.69) is 29.0 Å². The van der Waals surface area contributed by atoms with Crippen molar-refractivity contribution >= 4 is 22.4 Å². The summed E-state index contributed by atoms with van der Waals surface area (Å²) < 4.78 is 24.5. The minimum absolute atomic E-state index is 0.203. The molecule has 0 bridgehead atoms. The molecule has 1 fully saturated rings. The van der Waals surface area contributed by atoms with Crippen LogP contribution in [0.3, 0.4) is 0 Å². The van der Waals surface area contributed by atoms with Crippen molar-refractivity contribution in [3.63, 3.8) is 0 Å². The highest BCUT2D eigenvalue weighted by atomic mass is 32.1. The number of nitrogens with zero attached hydrogens (tertiary/aromatic N) is 2. The molecule has 8 heteroatoms. The van der Waals surface area contributed by atoms with Gasteiger partial charge in [-0.15, -0.1) is 11.3 Å². The number of ether oxygens (including phenoxy) is 2. The molecule has 32 heavy (non-hydrogen) atoms. The maximum absolute atomic E-state index is 13.0. The molecule has 2 atom stereocenters. The molecule has 1 aromatic heterocycles. The molecule has 1 amide bonds. The van der Waals surface area contributed by atoms with Crippen LogP contribution >= 0.6 is 11.3 Å². The second-order valence-electron chi connectivity index (χ2n) is 7.99. The van der Waals surface area contributed by atoms with Gasteiger partial charge in [0.25, 0.3) is 5.91 Å². The SMILES string of the molecule is CC1CN(Cc2csc(NC(=O)c3cccc(OCc4ccc(F)cc4)c3)n2)CC(C)O1. The van der Waals surface area contributed by atoms with Crippen LogP contribution in [-0.4, -0.2) is 41.1 Å². The summed E-state index contributed by atoms with van der Waals surface area (Å²) in [6, 6.07) is 13.1. The second-order valence-corrected chi connectivity index (χ2v) is 8.85. The highest BCUT2D eigenvalue weighted by molar-refractivity contribution is 7.14. The fraction of sp³-hybridized carbons (Fsp3) is 0.333. The normalized spacial score (nSPS) is 19.0. The Morgan fingerprint density at radius 3 is 2.72 bits per heavy atom. The Morgan fingerprint density at radius 1 is 1.22 bits per heavy atom. The molecule has 2 heterocycles. The second kappa shape index (κ2) is 10.2. The minimum atomic E-state index is -0.285. The molecule has 6 nitrogen and oxygen atoms in total. The lowest BCUT2D eigenvalue weighted by Gasteiger charge is -2.34. The van der Waals surface area contributed by atoms with E-state index in [1.54, 1.807) is 36.4 Å². The summed E-state index contributed by atoms with van der Waals surface area (Å²) in [5, 5.41) is 5.41. The van der Waals surface area contributed by atoms with Crippen LogP contribution in [0.5, 0.6) is 5.75 Å². The predicted molar refractivity (Wildman–Crippen MR) is 123 cm³/mol. The van der Waals surface area contributed by atoms with Gasteiger partial charge in [0, 0.05) is 30.6 Å². The van der Waals surface area contributed by atoms with Gasteiger partial charge >= 0.3 is 0 Å². The number of hydrogen-bond donors (Lipinski definition) is 1. The lowest BCUT2D eigenvalue weighted by atomic mass is 10.2. The van der Waals surface area contributed by atoms with Gasteiger partial charge in [-0.25, -0.2) is 9.37 Å².